The van der Waals surface area contributed by atoms with Gasteiger partial charge in [-0.3, -0.25) is 4.90 Å². The van der Waals surface area contributed by atoms with Crippen molar-refractivity contribution in [2.45, 2.75) is 0 Å². The molecule has 2 amide bonds. The Labute approximate surface area is 73.9 Å². The normalized spacial score (nSPS) is 9.50. The number of hydrogen-bond donors (Lipinski definition) is 1. The second-order valence-electron chi connectivity index (χ2n) is 2.10. The van der Waals surface area contributed by atoms with Gasteiger partial charge in [0.2, 0.25) is 5.88 Å². The van der Waals surface area contributed by atoms with E-state index >= 15 is 0 Å². The lowest BCUT2D eigenvalue weighted by Crippen LogP contribution is -2.30. The number of urea groups is 1. The largest absolute Gasteiger partial charge is 0.480 e. The van der Waals surface area contributed by atoms with E-state index in [0.717, 1.165) is 11.5 Å². The van der Waals surface area contributed by atoms with Gasteiger partial charge in [0.15, 0.2) is 0 Å². The lowest BCUT2D eigenvalue weighted by atomic mass is 10.6. The first-order valence-electron chi connectivity index (χ1n) is 3.19. The van der Waals surface area contributed by atoms with Crippen molar-refractivity contribution >= 4 is 22.6 Å². The summed E-state index contributed by atoms with van der Waals surface area (Å²) in [4.78, 5) is 12.0. The minimum atomic E-state index is -0.513. The van der Waals surface area contributed by atoms with Crippen molar-refractivity contribution in [1.82, 2.24) is 4.37 Å². The van der Waals surface area contributed by atoms with Crippen molar-refractivity contribution in [1.29, 1.82) is 0 Å². The highest BCUT2D eigenvalue weighted by Crippen LogP contribution is 2.24. The number of methoxy groups -OCH3 is 1. The maximum atomic E-state index is 10.7. The van der Waals surface area contributed by atoms with E-state index in [4.69, 9.17) is 10.5 Å². The number of carbonyl (C=O) groups excluding carboxylic acids is 1. The number of primary amides is 1. The quantitative estimate of drug-likeness (QED) is 0.739. The highest BCUT2D eigenvalue weighted by atomic mass is 32.1. The van der Waals surface area contributed by atoms with E-state index in [9.17, 15) is 4.79 Å². The van der Waals surface area contributed by atoms with Gasteiger partial charge in [0.25, 0.3) is 0 Å². The molecule has 0 aromatic carbocycles. The molecule has 0 saturated heterocycles. The van der Waals surface area contributed by atoms with Crippen LogP contribution in [0.25, 0.3) is 0 Å². The van der Waals surface area contributed by atoms with E-state index in [1.807, 2.05) is 0 Å². The molecule has 0 spiro atoms. The molecule has 0 aliphatic carbocycles. The molecule has 0 atom stereocenters. The van der Waals surface area contributed by atoms with Crippen LogP contribution in [0.2, 0.25) is 0 Å². The van der Waals surface area contributed by atoms with Crippen LogP contribution in [0.1, 0.15) is 0 Å². The first-order valence-corrected chi connectivity index (χ1v) is 3.96. The number of amides is 2. The highest BCUT2D eigenvalue weighted by Gasteiger charge is 2.10. The van der Waals surface area contributed by atoms with Crippen molar-refractivity contribution in [2.24, 2.45) is 5.73 Å². The summed E-state index contributed by atoms with van der Waals surface area (Å²) in [6.45, 7) is 0. The zero-order valence-electron chi connectivity index (χ0n) is 6.77. The Morgan fingerprint density at radius 2 is 2.50 bits per heavy atom. The molecule has 12 heavy (non-hydrogen) atoms. The van der Waals surface area contributed by atoms with Crippen LogP contribution in [0, 0.1) is 0 Å². The van der Waals surface area contributed by atoms with E-state index < -0.39 is 6.03 Å². The molecular weight excluding hydrogens is 178 g/mol. The molecule has 1 heterocycles. The van der Waals surface area contributed by atoms with Crippen LogP contribution >= 0.6 is 11.5 Å². The third-order valence-corrected chi connectivity index (χ3v) is 2.20. The fourth-order valence-corrected chi connectivity index (χ4v) is 1.29. The van der Waals surface area contributed by atoms with Crippen LogP contribution in [0.15, 0.2) is 6.07 Å². The summed E-state index contributed by atoms with van der Waals surface area (Å²) < 4.78 is 8.75. The summed E-state index contributed by atoms with van der Waals surface area (Å²) in [6.07, 6.45) is 0. The van der Waals surface area contributed by atoms with Crippen LogP contribution < -0.4 is 15.4 Å². The summed E-state index contributed by atoms with van der Waals surface area (Å²) in [5, 5.41) is 0.666. The molecule has 0 unspecified atom stereocenters. The average molecular weight is 187 g/mol. The Morgan fingerprint density at radius 1 is 1.83 bits per heavy atom. The maximum absolute atomic E-state index is 10.7. The number of rotatable bonds is 2. The molecule has 0 radical (unpaired) electrons. The van der Waals surface area contributed by atoms with Crippen molar-refractivity contribution in [3.63, 3.8) is 0 Å². The standard InChI is InChI=1S/C6H9N3O2S/c1-9(6(7)10)5-3-4(11-2)8-12-5/h3H,1-2H3,(H2,7,10). The summed E-state index contributed by atoms with van der Waals surface area (Å²) >= 11 is 1.16. The third-order valence-electron chi connectivity index (χ3n) is 1.35. The Morgan fingerprint density at radius 3 is 2.92 bits per heavy atom. The van der Waals surface area contributed by atoms with Gasteiger partial charge < -0.3 is 10.5 Å². The molecule has 1 rings (SSSR count). The van der Waals surface area contributed by atoms with Crippen molar-refractivity contribution in [3.05, 3.63) is 6.07 Å². The number of aromatic nitrogens is 1. The number of carbonyl (C=O) groups is 1. The Balaban J connectivity index is 2.81. The fourth-order valence-electron chi connectivity index (χ4n) is 0.613. The minimum absolute atomic E-state index is 0.489. The smallest absolute Gasteiger partial charge is 0.319 e. The Kier molecular flexibility index (Phi) is 2.49. The molecule has 0 bridgehead atoms. The van der Waals surface area contributed by atoms with Gasteiger partial charge in [-0.2, -0.15) is 4.37 Å². The van der Waals surface area contributed by atoms with Gasteiger partial charge in [-0.15, -0.1) is 0 Å². The van der Waals surface area contributed by atoms with Gasteiger partial charge in [0.05, 0.1) is 7.11 Å². The van der Waals surface area contributed by atoms with Crippen LogP contribution in [0.5, 0.6) is 5.88 Å². The zero-order valence-corrected chi connectivity index (χ0v) is 7.59. The second kappa shape index (κ2) is 3.40. The van der Waals surface area contributed by atoms with Gasteiger partial charge >= 0.3 is 6.03 Å². The molecule has 0 aliphatic heterocycles. The van der Waals surface area contributed by atoms with Gasteiger partial charge in [0.1, 0.15) is 5.00 Å². The molecule has 66 valence electrons. The van der Waals surface area contributed by atoms with Crippen LogP contribution in [0.3, 0.4) is 0 Å². The Bertz CT molecular complexity index is 286. The molecule has 1 aromatic rings. The summed E-state index contributed by atoms with van der Waals surface area (Å²) in [5.74, 6) is 0.489. The van der Waals surface area contributed by atoms with Crippen molar-refractivity contribution in [2.75, 3.05) is 19.1 Å². The zero-order chi connectivity index (χ0) is 9.14. The van der Waals surface area contributed by atoms with Gasteiger partial charge in [0, 0.05) is 13.1 Å². The van der Waals surface area contributed by atoms with E-state index in [2.05, 4.69) is 4.37 Å². The van der Waals surface area contributed by atoms with E-state index in [1.54, 1.807) is 13.1 Å². The summed E-state index contributed by atoms with van der Waals surface area (Å²) in [6, 6.07) is 1.14. The number of ether oxygens (including phenoxy) is 1. The summed E-state index contributed by atoms with van der Waals surface area (Å²) in [7, 11) is 3.10. The van der Waals surface area contributed by atoms with Crippen LogP contribution in [-0.2, 0) is 0 Å². The van der Waals surface area contributed by atoms with E-state index in [-0.39, 0.29) is 0 Å². The molecule has 0 saturated carbocycles. The van der Waals surface area contributed by atoms with Crippen molar-refractivity contribution < 1.29 is 9.53 Å². The number of nitrogens with zero attached hydrogens (tertiary/aromatic N) is 2. The summed E-state index contributed by atoms with van der Waals surface area (Å²) in [5.41, 5.74) is 5.04. The Hall–Kier alpha value is -1.30. The monoisotopic (exact) mass is 187 g/mol. The molecule has 1 aromatic heterocycles. The van der Waals surface area contributed by atoms with Crippen LogP contribution in [0.4, 0.5) is 9.80 Å². The maximum Gasteiger partial charge on any atom is 0.319 e. The van der Waals surface area contributed by atoms with Crippen LogP contribution in [-0.4, -0.2) is 24.6 Å². The molecule has 6 heteroatoms. The molecule has 0 fully saturated rings. The molecule has 5 nitrogen and oxygen atoms in total. The first-order chi connectivity index (χ1) is 5.65. The third kappa shape index (κ3) is 1.65. The lowest BCUT2D eigenvalue weighted by Gasteiger charge is -2.08. The average Bonchev–Trinajstić information content (AvgIpc) is 2.50. The minimum Gasteiger partial charge on any atom is -0.480 e. The fraction of sp³-hybridized carbons (Fsp3) is 0.333. The predicted octanol–water partition coefficient (Wildman–Crippen LogP) is 0.667. The first kappa shape index (κ1) is 8.79. The highest BCUT2D eigenvalue weighted by molar-refractivity contribution is 7.10. The topological polar surface area (TPSA) is 68.5 Å². The van der Waals surface area contributed by atoms with E-state index in [1.165, 1.54) is 12.0 Å². The lowest BCUT2D eigenvalue weighted by molar-refractivity contribution is 0.255. The number of nitrogens with two attached hydrogens (primary N) is 1. The van der Waals surface area contributed by atoms with E-state index in [0.29, 0.717) is 10.9 Å². The van der Waals surface area contributed by atoms with Crippen molar-refractivity contribution in [3.8, 4) is 5.88 Å². The second-order valence-corrected chi connectivity index (χ2v) is 2.89. The van der Waals surface area contributed by atoms with Gasteiger partial charge in [-0.25, -0.2) is 4.79 Å². The molecule has 2 N–H and O–H groups in total. The SMILES string of the molecule is COc1cc(N(C)C(N)=O)sn1. The molecular formula is C6H9N3O2S. The predicted molar refractivity (Wildman–Crippen MR) is 46.7 cm³/mol. The number of anilines is 1. The molecule has 0 aliphatic rings. The van der Waals surface area contributed by atoms with Gasteiger partial charge in [-0.1, -0.05) is 0 Å². The van der Waals surface area contributed by atoms with Gasteiger partial charge in [-0.05, 0) is 11.5 Å². The number of hydrogen-bond acceptors (Lipinski definition) is 4.